The van der Waals surface area contributed by atoms with E-state index in [2.05, 4.69) is 13.8 Å². The summed E-state index contributed by atoms with van der Waals surface area (Å²) in [4.78, 5) is 33.6. The fourth-order valence-electron chi connectivity index (χ4n) is 5.33. The average Bonchev–Trinajstić information content (AvgIpc) is 3.18. The van der Waals surface area contributed by atoms with Crippen LogP contribution in [0.3, 0.4) is 0 Å². The first-order valence-electron chi connectivity index (χ1n) is 11.5. The van der Waals surface area contributed by atoms with Gasteiger partial charge in [0.2, 0.25) is 0 Å². The summed E-state index contributed by atoms with van der Waals surface area (Å²) in [5.74, 6) is -1.00. The molecule has 0 spiro atoms. The second kappa shape index (κ2) is 8.25. The third kappa shape index (κ3) is 4.32. The van der Waals surface area contributed by atoms with Crippen LogP contribution in [-0.4, -0.2) is 37.7 Å². The molecule has 1 saturated carbocycles. The molecule has 5 nitrogen and oxygen atoms in total. The molecule has 3 aliphatic rings. The number of ether oxygens (including phenoxy) is 1. The molecule has 1 heterocycles. The molecule has 1 unspecified atom stereocenters. The molecule has 1 fully saturated rings. The topological polar surface area (TPSA) is 59.0 Å². The van der Waals surface area contributed by atoms with Crippen molar-refractivity contribution >= 4 is 23.2 Å². The number of nitrogens with zero attached hydrogens (tertiary/aromatic N) is 2. The van der Waals surface area contributed by atoms with Gasteiger partial charge in [-0.05, 0) is 62.1 Å². The highest BCUT2D eigenvalue weighted by Gasteiger charge is 2.46. The van der Waals surface area contributed by atoms with Crippen molar-refractivity contribution in [3.63, 3.8) is 0 Å². The van der Waals surface area contributed by atoms with Gasteiger partial charge in [-0.2, -0.15) is 0 Å². The third-order valence-electron chi connectivity index (χ3n) is 6.91. The van der Waals surface area contributed by atoms with Crippen LogP contribution < -0.4 is 4.90 Å². The van der Waals surface area contributed by atoms with Crippen LogP contribution in [0.25, 0.3) is 0 Å². The molecule has 4 rings (SSSR count). The fourth-order valence-corrected chi connectivity index (χ4v) is 5.33. The first-order valence-corrected chi connectivity index (χ1v) is 11.5. The van der Waals surface area contributed by atoms with E-state index in [0.29, 0.717) is 6.42 Å². The highest BCUT2D eigenvalue weighted by Crippen LogP contribution is 2.48. The number of allylic oxidation sites excluding steroid dienone is 2. The molecular weight excluding hydrogens is 388 g/mol. The first-order chi connectivity index (χ1) is 14.7. The van der Waals surface area contributed by atoms with Crippen LogP contribution in [0.1, 0.15) is 70.8 Å². The molecule has 2 atom stereocenters. The molecule has 2 aliphatic carbocycles. The van der Waals surface area contributed by atoms with Crippen molar-refractivity contribution in [2.45, 2.75) is 71.3 Å². The zero-order valence-electron chi connectivity index (χ0n) is 19.4. The number of aliphatic imine (C=N–C) groups is 1. The Hall–Kier alpha value is -2.43. The van der Waals surface area contributed by atoms with E-state index in [1.165, 1.54) is 0 Å². The quantitative estimate of drug-likeness (QED) is 0.637. The minimum absolute atomic E-state index is 0.00608. The number of carbonyl (C=O) groups is 2. The van der Waals surface area contributed by atoms with Gasteiger partial charge in [-0.3, -0.25) is 14.6 Å². The summed E-state index contributed by atoms with van der Waals surface area (Å²) in [7, 11) is 4.00. The standard InChI is InChI=1S/C26H34N2O3/c1-16-22(25(30)31-19-8-6-7-9-19)23(17-10-12-18(13-11-17)28(4)5)24-20(27-16)14-26(2,3)15-21(24)29/h10-13,19,22-23H,6-9,14-15H2,1-5H3/t22?,23-/m0/s1. The highest BCUT2D eigenvalue weighted by molar-refractivity contribution is 6.09. The third-order valence-corrected chi connectivity index (χ3v) is 6.91. The Morgan fingerprint density at radius 2 is 1.74 bits per heavy atom. The maximum atomic E-state index is 13.4. The van der Waals surface area contributed by atoms with Crippen LogP contribution in [0, 0.1) is 11.3 Å². The number of hydrogen-bond donors (Lipinski definition) is 0. The Balaban J connectivity index is 1.76. The van der Waals surface area contributed by atoms with Crippen LogP contribution >= 0.6 is 0 Å². The van der Waals surface area contributed by atoms with Crippen LogP contribution in [0.5, 0.6) is 0 Å². The lowest BCUT2D eigenvalue weighted by atomic mass is 9.67. The molecule has 0 amide bonds. The molecule has 0 aromatic heterocycles. The van der Waals surface area contributed by atoms with Crippen molar-refractivity contribution in [2.75, 3.05) is 19.0 Å². The summed E-state index contributed by atoms with van der Waals surface area (Å²) in [6, 6.07) is 8.19. The molecule has 31 heavy (non-hydrogen) atoms. The molecule has 0 bridgehead atoms. The molecule has 0 saturated heterocycles. The van der Waals surface area contributed by atoms with E-state index in [0.717, 1.165) is 60.3 Å². The number of anilines is 1. The molecular formula is C26H34N2O3. The second-order valence-electron chi connectivity index (χ2n) is 10.3. The number of Topliss-reactive ketones (excluding diaryl/α,β-unsaturated/α-hetero) is 1. The van der Waals surface area contributed by atoms with Crippen molar-refractivity contribution in [2.24, 2.45) is 16.3 Å². The van der Waals surface area contributed by atoms with Crippen molar-refractivity contribution in [1.82, 2.24) is 0 Å². The Morgan fingerprint density at radius 1 is 1.10 bits per heavy atom. The summed E-state index contributed by atoms with van der Waals surface area (Å²) in [6.07, 6.45) is 5.30. The average molecular weight is 423 g/mol. The number of esters is 1. The number of carbonyl (C=O) groups excluding carboxylic acids is 2. The Bertz CT molecular complexity index is 934. The predicted octanol–water partition coefficient (Wildman–Crippen LogP) is 5.06. The van der Waals surface area contributed by atoms with Gasteiger partial charge in [0.25, 0.3) is 0 Å². The highest BCUT2D eigenvalue weighted by atomic mass is 16.5. The van der Waals surface area contributed by atoms with Gasteiger partial charge in [-0.1, -0.05) is 26.0 Å². The lowest BCUT2D eigenvalue weighted by Crippen LogP contribution is -2.40. The van der Waals surface area contributed by atoms with Crippen LogP contribution in [0.15, 0.2) is 40.5 Å². The SMILES string of the molecule is CC1=NC2=C(C(=O)CC(C)(C)C2)[C@@H](c2ccc(N(C)C)cc2)C1C(=O)OC1CCCC1. The number of hydrogen-bond acceptors (Lipinski definition) is 5. The first kappa shape index (κ1) is 21.8. The predicted molar refractivity (Wildman–Crippen MR) is 124 cm³/mol. The lowest BCUT2D eigenvalue weighted by Gasteiger charge is -2.39. The van der Waals surface area contributed by atoms with E-state index < -0.39 is 5.92 Å². The summed E-state index contributed by atoms with van der Waals surface area (Å²) >= 11 is 0. The molecule has 1 aliphatic heterocycles. The zero-order chi connectivity index (χ0) is 22.3. The lowest BCUT2D eigenvalue weighted by molar-refractivity contribution is -0.151. The van der Waals surface area contributed by atoms with Gasteiger partial charge in [0, 0.05) is 49.1 Å². The van der Waals surface area contributed by atoms with E-state index in [1.807, 2.05) is 50.2 Å². The monoisotopic (exact) mass is 422 g/mol. The van der Waals surface area contributed by atoms with Gasteiger partial charge >= 0.3 is 5.97 Å². The second-order valence-corrected chi connectivity index (χ2v) is 10.3. The minimum Gasteiger partial charge on any atom is -0.462 e. The molecule has 0 radical (unpaired) electrons. The van der Waals surface area contributed by atoms with Gasteiger partial charge in [0.1, 0.15) is 12.0 Å². The summed E-state index contributed by atoms with van der Waals surface area (Å²) in [6.45, 7) is 6.14. The summed E-state index contributed by atoms with van der Waals surface area (Å²) in [5.41, 5.74) is 4.28. The van der Waals surface area contributed by atoms with Crippen molar-refractivity contribution in [1.29, 1.82) is 0 Å². The van der Waals surface area contributed by atoms with Crippen molar-refractivity contribution in [3.8, 4) is 0 Å². The Kier molecular flexibility index (Phi) is 5.80. The van der Waals surface area contributed by atoms with E-state index in [1.54, 1.807) is 0 Å². The van der Waals surface area contributed by atoms with Crippen molar-refractivity contribution < 1.29 is 14.3 Å². The number of ketones is 1. The number of rotatable bonds is 4. The van der Waals surface area contributed by atoms with Gasteiger partial charge < -0.3 is 9.64 Å². The molecule has 1 aromatic rings. The minimum atomic E-state index is -0.547. The molecule has 0 N–H and O–H groups in total. The van der Waals surface area contributed by atoms with Crippen LogP contribution in [0.4, 0.5) is 5.69 Å². The Morgan fingerprint density at radius 3 is 2.35 bits per heavy atom. The van der Waals surface area contributed by atoms with E-state index >= 15 is 0 Å². The Labute approximate surface area is 185 Å². The van der Waals surface area contributed by atoms with Crippen LogP contribution in [-0.2, 0) is 14.3 Å². The van der Waals surface area contributed by atoms with Crippen molar-refractivity contribution in [3.05, 3.63) is 41.1 Å². The summed E-state index contributed by atoms with van der Waals surface area (Å²) in [5, 5.41) is 0. The fraction of sp³-hybridized carbons (Fsp3) is 0.577. The molecule has 1 aromatic carbocycles. The van der Waals surface area contributed by atoms with Gasteiger partial charge in [-0.25, -0.2) is 0 Å². The molecule has 5 heteroatoms. The maximum absolute atomic E-state index is 13.4. The maximum Gasteiger partial charge on any atom is 0.315 e. The van der Waals surface area contributed by atoms with Crippen LogP contribution in [0.2, 0.25) is 0 Å². The number of benzene rings is 1. The largest absolute Gasteiger partial charge is 0.462 e. The smallest absolute Gasteiger partial charge is 0.315 e. The van der Waals surface area contributed by atoms with Gasteiger partial charge in [-0.15, -0.1) is 0 Å². The van der Waals surface area contributed by atoms with E-state index in [9.17, 15) is 9.59 Å². The zero-order valence-corrected chi connectivity index (χ0v) is 19.4. The summed E-state index contributed by atoms with van der Waals surface area (Å²) < 4.78 is 5.93. The van der Waals surface area contributed by atoms with Gasteiger partial charge in [0.05, 0.1) is 0 Å². The molecule has 166 valence electrons. The van der Waals surface area contributed by atoms with E-state index in [-0.39, 0.29) is 29.2 Å². The normalized spacial score (nSPS) is 25.8. The van der Waals surface area contributed by atoms with E-state index in [4.69, 9.17) is 9.73 Å². The van der Waals surface area contributed by atoms with Gasteiger partial charge in [0.15, 0.2) is 5.78 Å².